The molecule has 0 spiro atoms. The first kappa shape index (κ1) is 22.9. The zero-order valence-corrected chi connectivity index (χ0v) is 19.9. The van der Waals surface area contributed by atoms with Crippen LogP contribution in [0.1, 0.15) is 24.3 Å². The molecule has 2 N–H and O–H groups in total. The summed E-state index contributed by atoms with van der Waals surface area (Å²) in [5.74, 6) is -0.799. The number of halogens is 2. The lowest BCUT2D eigenvalue weighted by atomic mass is 10.1. The van der Waals surface area contributed by atoms with Crippen LogP contribution in [-0.2, 0) is 16.9 Å². The molecule has 1 fully saturated rings. The van der Waals surface area contributed by atoms with E-state index in [2.05, 4.69) is 30.6 Å². The molecular weight excluding hydrogens is 478 g/mol. The molecule has 4 aromatic rings. The van der Waals surface area contributed by atoms with Crippen molar-refractivity contribution >= 4 is 33.1 Å². The molecule has 0 aliphatic heterocycles. The highest BCUT2D eigenvalue weighted by Crippen LogP contribution is 2.48. The van der Waals surface area contributed by atoms with E-state index in [1.54, 1.807) is 36.4 Å². The van der Waals surface area contributed by atoms with E-state index in [1.165, 1.54) is 7.05 Å². The Morgan fingerprint density at radius 2 is 1.91 bits per heavy atom. The molecular formula is C22H22F2N8O2S. The molecule has 35 heavy (non-hydrogen) atoms. The minimum atomic E-state index is -3.80. The Kier molecular flexibility index (Phi) is 5.50. The highest BCUT2D eigenvalue weighted by atomic mass is 32.2. The maximum Gasteiger partial charge on any atom is 0.232 e. The largest absolute Gasteiger partial charge is 0.325 e. The Morgan fingerprint density at radius 1 is 1.20 bits per heavy atom. The van der Waals surface area contributed by atoms with Crippen molar-refractivity contribution in [3.05, 3.63) is 54.0 Å². The summed E-state index contributed by atoms with van der Waals surface area (Å²) >= 11 is 0. The van der Waals surface area contributed by atoms with Crippen LogP contribution in [0.25, 0.3) is 11.3 Å². The Balaban J connectivity index is 1.68. The molecule has 1 aromatic carbocycles. The minimum absolute atomic E-state index is 0.0140. The van der Waals surface area contributed by atoms with Crippen LogP contribution >= 0.6 is 0 Å². The number of nitrogens with one attached hydrogen (secondary N) is 2. The van der Waals surface area contributed by atoms with Crippen LogP contribution in [0.2, 0.25) is 0 Å². The number of benzene rings is 1. The number of aryl methyl sites for hydroxylation is 1. The number of rotatable bonds is 7. The maximum atomic E-state index is 15.0. The monoisotopic (exact) mass is 500 g/mol. The molecule has 1 aliphatic rings. The van der Waals surface area contributed by atoms with Gasteiger partial charge in [-0.25, -0.2) is 22.2 Å². The summed E-state index contributed by atoms with van der Waals surface area (Å²) in [6, 6.07) is 3.30. The molecule has 1 aliphatic carbocycles. The van der Waals surface area contributed by atoms with E-state index in [1.807, 2.05) is 0 Å². The van der Waals surface area contributed by atoms with Crippen LogP contribution in [-0.4, -0.2) is 51.7 Å². The SMILES string of the molecule is CN(c1nc(Nc2ccn[nH]2)c(C2CC2)c(-c2cnn(C)c2)n1)c1c(F)cc(S(C)(=O)=O)cc1F. The van der Waals surface area contributed by atoms with Gasteiger partial charge in [0, 0.05) is 43.7 Å². The van der Waals surface area contributed by atoms with Crippen LogP contribution in [0.3, 0.4) is 0 Å². The molecule has 0 unspecified atom stereocenters. The van der Waals surface area contributed by atoms with E-state index < -0.39 is 32.1 Å². The molecule has 0 radical (unpaired) electrons. The molecule has 0 amide bonds. The predicted molar refractivity (Wildman–Crippen MR) is 126 cm³/mol. The molecule has 13 heteroatoms. The smallest absolute Gasteiger partial charge is 0.232 e. The first-order valence-electron chi connectivity index (χ1n) is 10.7. The van der Waals surface area contributed by atoms with Crippen LogP contribution in [0, 0.1) is 11.6 Å². The molecule has 3 heterocycles. The fraction of sp³-hybridized carbons (Fsp3) is 0.273. The van der Waals surface area contributed by atoms with Crippen molar-refractivity contribution < 1.29 is 17.2 Å². The average Bonchev–Trinajstić information content (AvgIpc) is 3.31. The van der Waals surface area contributed by atoms with Gasteiger partial charge >= 0.3 is 0 Å². The number of hydrogen-bond donors (Lipinski definition) is 2. The minimum Gasteiger partial charge on any atom is -0.325 e. The topological polar surface area (TPSA) is 122 Å². The second-order valence-electron chi connectivity index (χ2n) is 8.47. The van der Waals surface area contributed by atoms with Gasteiger partial charge in [-0.15, -0.1) is 0 Å². The van der Waals surface area contributed by atoms with Gasteiger partial charge in [0.1, 0.15) is 17.3 Å². The predicted octanol–water partition coefficient (Wildman–Crippen LogP) is 3.67. The quantitative estimate of drug-likeness (QED) is 0.394. The third-order valence-electron chi connectivity index (χ3n) is 5.71. The summed E-state index contributed by atoms with van der Waals surface area (Å²) < 4.78 is 55.2. The van der Waals surface area contributed by atoms with Crippen molar-refractivity contribution in [1.29, 1.82) is 0 Å². The number of hydrogen-bond acceptors (Lipinski definition) is 8. The van der Waals surface area contributed by atoms with Gasteiger partial charge < -0.3 is 10.2 Å². The Bertz CT molecular complexity index is 1490. The zero-order chi connectivity index (χ0) is 24.9. The summed E-state index contributed by atoms with van der Waals surface area (Å²) in [6.07, 6.45) is 7.86. The lowest BCUT2D eigenvalue weighted by Crippen LogP contribution is -2.19. The maximum absolute atomic E-state index is 15.0. The summed E-state index contributed by atoms with van der Waals surface area (Å²) in [5.41, 5.74) is 1.72. The van der Waals surface area contributed by atoms with E-state index >= 15 is 0 Å². The highest BCUT2D eigenvalue weighted by Gasteiger charge is 2.33. The Hall–Kier alpha value is -3.87. The van der Waals surface area contributed by atoms with Crippen molar-refractivity contribution in [2.75, 3.05) is 23.5 Å². The summed E-state index contributed by atoms with van der Waals surface area (Å²) in [6.45, 7) is 0. The van der Waals surface area contributed by atoms with Gasteiger partial charge in [-0.1, -0.05) is 0 Å². The van der Waals surface area contributed by atoms with E-state index in [4.69, 9.17) is 0 Å². The first-order chi connectivity index (χ1) is 16.6. The first-order valence-corrected chi connectivity index (χ1v) is 12.6. The molecule has 0 saturated heterocycles. The van der Waals surface area contributed by atoms with Crippen molar-refractivity contribution in [1.82, 2.24) is 29.9 Å². The van der Waals surface area contributed by atoms with E-state index in [0.29, 0.717) is 17.3 Å². The second kappa shape index (κ2) is 8.41. The van der Waals surface area contributed by atoms with Crippen LogP contribution in [0.5, 0.6) is 0 Å². The number of nitrogens with zero attached hydrogens (tertiary/aromatic N) is 6. The van der Waals surface area contributed by atoms with E-state index in [9.17, 15) is 17.2 Å². The molecule has 182 valence electrons. The van der Waals surface area contributed by atoms with Gasteiger partial charge in [0.05, 0.1) is 23.0 Å². The lowest BCUT2D eigenvalue weighted by molar-refractivity contribution is 0.569. The van der Waals surface area contributed by atoms with E-state index in [-0.39, 0.29) is 11.9 Å². The standard InChI is InChI=1S/C22H22F2N8O2S/c1-31-11-13(10-26-31)19-18(12-4-5-12)21(27-17-6-7-25-30-17)29-22(28-19)32(2)20-15(23)8-14(9-16(20)24)35(3,33)34/h6-12H,4-5H2,1-3H3,(H2,25,27,28,29,30). The number of anilines is 4. The molecule has 3 aromatic heterocycles. The molecule has 0 atom stereocenters. The average molecular weight is 501 g/mol. The van der Waals surface area contributed by atoms with Crippen molar-refractivity contribution in [2.24, 2.45) is 7.05 Å². The van der Waals surface area contributed by atoms with Crippen molar-refractivity contribution in [3.8, 4) is 11.3 Å². The third kappa shape index (κ3) is 4.46. The van der Waals surface area contributed by atoms with Gasteiger partial charge in [-0.05, 0) is 30.9 Å². The van der Waals surface area contributed by atoms with Crippen molar-refractivity contribution in [2.45, 2.75) is 23.7 Å². The van der Waals surface area contributed by atoms with Gasteiger partial charge in [0.25, 0.3) is 0 Å². The summed E-state index contributed by atoms with van der Waals surface area (Å²) in [7, 11) is -0.596. The molecule has 10 nitrogen and oxygen atoms in total. The van der Waals surface area contributed by atoms with Gasteiger partial charge in [-0.2, -0.15) is 15.2 Å². The number of sulfone groups is 1. The zero-order valence-electron chi connectivity index (χ0n) is 19.1. The number of aromatic nitrogens is 6. The summed E-state index contributed by atoms with van der Waals surface area (Å²) in [5, 5.41) is 14.2. The van der Waals surface area contributed by atoms with Gasteiger partial charge in [-0.3, -0.25) is 9.78 Å². The molecule has 5 rings (SSSR count). The molecule has 1 saturated carbocycles. The van der Waals surface area contributed by atoms with Gasteiger partial charge in [0.2, 0.25) is 5.95 Å². The fourth-order valence-electron chi connectivity index (χ4n) is 3.85. The van der Waals surface area contributed by atoms with Crippen LogP contribution in [0.4, 0.5) is 32.1 Å². The van der Waals surface area contributed by atoms with Crippen molar-refractivity contribution in [3.63, 3.8) is 0 Å². The van der Waals surface area contributed by atoms with Crippen LogP contribution in [0.15, 0.2) is 41.7 Å². The third-order valence-corrected chi connectivity index (χ3v) is 6.80. The lowest BCUT2D eigenvalue weighted by Gasteiger charge is -2.22. The van der Waals surface area contributed by atoms with E-state index in [0.717, 1.165) is 47.3 Å². The second-order valence-corrected chi connectivity index (χ2v) is 10.5. The number of aromatic amines is 1. The Labute approximate surface area is 199 Å². The van der Waals surface area contributed by atoms with Gasteiger partial charge in [0.15, 0.2) is 21.5 Å². The van der Waals surface area contributed by atoms with Crippen LogP contribution < -0.4 is 10.2 Å². The highest BCUT2D eigenvalue weighted by molar-refractivity contribution is 7.90. The normalized spacial score (nSPS) is 13.7. The Morgan fingerprint density at radius 3 is 2.46 bits per heavy atom. The molecule has 0 bridgehead atoms. The fourth-order valence-corrected chi connectivity index (χ4v) is 4.49. The summed E-state index contributed by atoms with van der Waals surface area (Å²) in [4.78, 5) is 10.00. The number of H-pyrrole nitrogens is 1.